The van der Waals surface area contributed by atoms with Gasteiger partial charge in [0.1, 0.15) is 5.82 Å². The molecule has 2 fully saturated rings. The van der Waals surface area contributed by atoms with Crippen molar-refractivity contribution in [1.82, 2.24) is 24.1 Å². The summed E-state index contributed by atoms with van der Waals surface area (Å²) in [5.41, 5.74) is 2.72. The summed E-state index contributed by atoms with van der Waals surface area (Å²) < 4.78 is 29.7. The van der Waals surface area contributed by atoms with E-state index in [0.29, 0.717) is 23.0 Å². The van der Waals surface area contributed by atoms with Crippen molar-refractivity contribution in [3.63, 3.8) is 0 Å². The SMILES string of the molecule is Cn1nc2cc(N3C[C@@H]4C[C@@H]4c4cc(C(=O)N5CCC(F)(F)CC5)cnc43)ccn2c1=O. The molecule has 0 N–H and O–H groups in total. The van der Waals surface area contributed by atoms with E-state index in [1.165, 1.54) is 14.0 Å². The number of carbonyl (C=O) groups is 1. The minimum Gasteiger partial charge on any atom is -0.338 e. The van der Waals surface area contributed by atoms with Gasteiger partial charge in [0, 0.05) is 63.7 Å². The molecule has 10 heteroatoms. The number of hydrogen-bond acceptors (Lipinski definition) is 5. The lowest BCUT2D eigenvalue weighted by atomic mass is 10.0. The van der Waals surface area contributed by atoms with Crippen molar-refractivity contribution in [2.75, 3.05) is 24.5 Å². The first-order valence-electron chi connectivity index (χ1n) is 10.8. The summed E-state index contributed by atoms with van der Waals surface area (Å²) in [5.74, 6) is -1.28. The van der Waals surface area contributed by atoms with E-state index in [1.807, 2.05) is 18.2 Å². The van der Waals surface area contributed by atoms with Crippen molar-refractivity contribution >= 4 is 23.1 Å². The van der Waals surface area contributed by atoms with Crippen molar-refractivity contribution in [1.29, 1.82) is 0 Å². The van der Waals surface area contributed by atoms with Crippen molar-refractivity contribution < 1.29 is 13.6 Å². The largest absolute Gasteiger partial charge is 0.350 e. The van der Waals surface area contributed by atoms with Crippen LogP contribution >= 0.6 is 0 Å². The molecule has 5 heterocycles. The highest BCUT2D eigenvalue weighted by Crippen LogP contribution is 2.55. The summed E-state index contributed by atoms with van der Waals surface area (Å²) in [5, 5.41) is 4.27. The third-order valence-electron chi connectivity index (χ3n) is 6.88. The maximum atomic E-state index is 13.5. The fourth-order valence-electron chi connectivity index (χ4n) is 4.92. The number of aryl methyl sites for hydroxylation is 1. The first-order valence-corrected chi connectivity index (χ1v) is 10.8. The Labute approximate surface area is 182 Å². The molecule has 6 rings (SSSR count). The second-order valence-electron chi connectivity index (χ2n) is 9.02. The summed E-state index contributed by atoms with van der Waals surface area (Å²) in [4.78, 5) is 33.3. The molecule has 3 aromatic rings. The van der Waals surface area contributed by atoms with Gasteiger partial charge in [0.2, 0.25) is 0 Å². The predicted molar refractivity (Wildman–Crippen MR) is 113 cm³/mol. The van der Waals surface area contributed by atoms with Crippen LogP contribution in [0.3, 0.4) is 0 Å². The van der Waals surface area contributed by atoms with Crippen LogP contribution < -0.4 is 10.6 Å². The van der Waals surface area contributed by atoms with Crippen LogP contribution in [0.2, 0.25) is 0 Å². The van der Waals surface area contributed by atoms with Crippen LogP contribution in [0, 0.1) is 5.92 Å². The molecule has 0 spiro atoms. The number of hydrogen-bond donors (Lipinski definition) is 0. The molecule has 1 saturated heterocycles. The van der Waals surface area contributed by atoms with E-state index in [0.717, 1.165) is 30.0 Å². The predicted octanol–water partition coefficient (Wildman–Crippen LogP) is 2.55. The quantitative estimate of drug-likeness (QED) is 0.612. The molecule has 2 aliphatic heterocycles. The van der Waals surface area contributed by atoms with Crippen LogP contribution in [0.25, 0.3) is 5.65 Å². The average molecular weight is 440 g/mol. The number of amides is 1. The Kier molecular flexibility index (Phi) is 4.00. The van der Waals surface area contributed by atoms with E-state index in [4.69, 9.17) is 0 Å². The fourth-order valence-corrected chi connectivity index (χ4v) is 4.92. The van der Waals surface area contributed by atoms with E-state index in [1.54, 1.807) is 19.4 Å². The average Bonchev–Trinajstić information content (AvgIpc) is 3.51. The maximum absolute atomic E-state index is 13.5. The second kappa shape index (κ2) is 6.60. The molecular weight excluding hydrogens is 418 g/mol. The van der Waals surface area contributed by atoms with E-state index in [-0.39, 0.29) is 37.5 Å². The normalized spacial score (nSPS) is 23.7. The summed E-state index contributed by atoms with van der Waals surface area (Å²) in [6.07, 6.45) is 3.70. The van der Waals surface area contributed by atoms with E-state index in [9.17, 15) is 18.4 Å². The number of rotatable bonds is 2. The van der Waals surface area contributed by atoms with Crippen molar-refractivity contribution in [3.8, 4) is 0 Å². The van der Waals surface area contributed by atoms with E-state index < -0.39 is 5.92 Å². The number of alkyl halides is 2. The molecule has 3 aromatic heterocycles. The Balaban J connectivity index is 1.33. The molecule has 32 heavy (non-hydrogen) atoms. The molecule has 0 radical (unpaired) electrons. The number of carbonyl (C=O) groups excluding carboxylic acids is 1. The van der Waals surface area contributed by atoms with Gasteiger partial charge in [-0.2, -0.15) is 5.10 Å². The molecule has 166 valence electrons. The van der Waals surface area contributed by atoms with Gasteiger partial charge in [-0.1, -0.05) is 0 Å². The summed E-state index contributed by atoms with van der Waals surface area (Å²) >= 11 is 0. The first kappa shape index (κ1) is 19.4. The van der Waals surface area contributed by atoms with Crippen LogP contribution in [0.15, 0.2) is 35.4 Å². The van der Waals surface area contributed by atoms with Gasteiger partial charge in [0.15, 0.2) is 5.65 Å². The number of likely N-dealkylation sites (tertiary alicyclic amines) is 1. The van der Waals surface area contributed by atoms with Crippen molar-refractivity contribution in [2.24, 2.45) is 13.0 Å². The zero-order chi connectivity index (χ0) is 22.2. The van der Waals surface area contributed by atoms with Crippen molar-refractivity contribution in [3.05, 3.63) is 52.2 Å². The third-order valence-corrected chi connectivity index (χ3v) is 6.88. The number of pyridine rings is 2. The molecule has 2 atom stereocenters. The van der Waals surface area contributed by atoms with E-state index >= 15 is 0 Å². The minimum absolute atomic E-state index is 0.0601. The van der Waals surface area contributed by atoms with Crippen molar-refractivity contribution in [2.45, 2.75) is 31.1 Å². The van der Waals surface area contributed by atoms with Gasteiger partial charge >= 0.3 is 5.69 Å². The molecule has 0 aromatic carbocycles. The van der Waals surface area contributed by atoms with Crippen LogP contribution in [0.1, 0.15) is 41.1 Å². The van der Waals surface area contributed by atoms with Gasteiger partial charge in [-0.3, -0.25) is 9.20 Å². The number of anilines is 2. The Bertz CT molecular complexity index is 1310. The standard InChI is InChI=1S/C22H22F2N6O2/c1-27-21(32)29-5-2-15(10-18(29)26-27)30-12-14-9-16(14)17-8-13(11-25-19(17)30)20(31)28-6-3-22(23,24)4-7-28/h2,5,8,10-11,14,16H,3-4,6-7,9,12H2,1H3/t14-,16-/m0/s1. The molecule has 8 nitrogen and oxygen atoms in total. The van der Waals surface area contributed by atoms with Gasteiger partial charge in [-0.15, -0.1) is 0 Å². The fraction of sp³-hybridized carbons (Fsp3) is 0.455. The number of nitrogens with zero attached hydrogens (tertiary/aromatic N) is 6. The summed E-state index contributed by atoms with van der Waals surface area (Å²) in [6, 6.07) is 5.62. The number of fused-ring (bicyclic) bond motifs is 4. The smallest absolute Gasteiger partial charge is 0.338 e. The number of halogens is 2. The lowest BCUT2D eigenvalue weighted by molar-refractivity contribution is -0.0494. The highest BCUT2D eigenvalue weighted by atomic mass is 19.3. The maximum Gasteiger partial charge on any atom is 0.350 e. The van der Waals surface area contributed by atoms with Crippen LogP contribution in [0.4, 0.5) is 20.3 Å². The molecule has 0 unspecified atom stereocenters. The lowest BCUT2D eigenvalue weighted by Gasteiger charge is -2.33. The third kappa shape index (κ3) is 3.00. The molecular formula is C22H22F2N6O2. The zero-order valence-corrected chi connectivity index (χ0v) is 17.5. The minimum atomic E-state index is -2.69. The molecule has 1 aliphatic carbocycles. The van der Waals surface area contributed by atoms with Gasteiger partial charge in [0.25, 0.3) is 11.8 Å². The zero-order valence-electron chi connectivity index (χ0n) is 17.5. The van der Waals surface area contributed by atoms with Gasteiger partial charge in [-0.05, 0) is 36.0 Å². The van der Waals surface area contributed by atoms with Crippen LogP contribution in [-0.2, 0) is 7.05 Å². The molecule has 1 saturated carbocycles. The number of piperidine rings is 1. The Morgan fingerprint density at radius 2 is 2.00 bits per heavy atom. The second-order valence-corrected chi connectivity index (χ2v) is 9.02. The topological polar surface area (TPSA) is 75.7 Å². The van der Waals surface area contributed by atoms with Crippen LogP contribution in [-0.4, -0.2) is 55.5 Å². The summed E-state index contributed by atoms with van der Waals surface area (Å²) in [7, 11) is 1.61. The summed E-state index contributed by atoms with van der Waals surface area (Å²) in [6.45, 7) is 0.932. The molecule has 3 aliphatic rings. The van der Waals surface area contributed by atoms with Gasteiger partial charge < -0.3 is 9.80 Å². The highest BCUT2D eigenvalue weighted by Gasteiger charge is 2.46. The highest BCUT2D eigenvalue weighted by molar-refractivity contribution is 5.94. The van der Waals surface area contributed by atoms with Crippen LogP contribution in [0.5, 0.6) is 0 Å². The Morgan fingerprint density at radius 1 is 1.22 bits per heavy atom. The lowest BCUT2D eigenvalue weighted by Crippen LogP contribution is -2.42. The number of aromatic nitrogens is 4. The van der Waals surface area contributed by atoms with Gasteiger partial charge in [-0.25, -0.2) is 23.2 Å². The van der Waals surface area contributed by atoms with Gasteiger partial charge in [0.05, 0.1) is 5.56 Å². The Hall–Kier alpha value is -3.30. The molecule has 1 amide bonds. The monoisotopic (exact) mass is 440 g/mol. The van der Waals surface area contributed by atoms with E-state index in [2.05, 4.69) is 15.0 Å². The Morgan fingerprint density at radius 3 is 2.78 bits per heavy atom. The first-order chi connectivity index (χ1) is 15.3. The molecule has 0 bridgehead atoms.